The van der Waals surface area contributed by atoms with Crippen molar-refractivity contribution in [3.05, 3.63) is 59.7 Å². The Hall–Kier alpha value is -4.21. The van der Waals surface area contributed by atoms with Crippen molar-refractivity contribution in [3.63, 3.8) is 0 Å². The first-order chi connectivity index (χ1) is 17.5. The number of fused-ring (bicyclic) bond motifs is 1. The molecule has 1 aliphatic carbocycles. The maximum atomic E-state index is 13.2. The van der Waals surface area contributed by atoms with Crippen LogP contribution >= 0.6 is 0 Å². The van der Waals surface area contributed by atoms with Crippen LogP contribution in [0.25, 0.3) is 16.8 Å². The van der Waals surface area contributed by atoms with E-state index in [0.29, 0.717) is 40.9 Å². The molecule has 4 aromatic rings. The van der Waals surface area contributed by atoms with Crippen molar-refractivity contribution in [2.24, 2.45) is 5.92 Å². The number of hydrogen-bond acceptors (Lipinski definition) is 8. The molecule has 0 atom stereocenters. The molecule has 0 bridgehead atoms. The van der Waals surface area contributed by atoms with Crippen LogP contribution < -0.4 is 20.5 Å². The highest BCUT2D eigenvalue weighted by Gasteiger charge is 2.20. The first-order valence-electron chi connectivity index (χ1n) is 12.0. The van der Waals surface area contributed by atoms with Crippen LogP contribution in [0.3, 0.4) is 0 Å². The number of rotatable bonds is 8. The van der Waals surface area contributed by atoms with Gasteiger partial charge in [-0.2, -0.15) is 4.98 Å². The quantitative estimate of drug-likeness (QED) is 0.386. The predicted octanol–water partition coefficient (Wildman–Crippen LogP) is 3.58. The first kappa shape index (κ1) is 23.5. The molecule has 10 nitrogen and oxygen atoms in total. The van der Waals surface area contributed by atoms with Gasteiger partial charge in [-0.05, 0) is 61.6 Å². The molecule has 5 rings (SSSR count). The fourth-order valence-electron chi connectivity index (χ4n) is 4.59. The maximum Gasteiger partial charge on any atom is 0.257 e. The van der Waals surface area contributed by atoms with Gasteiger partial charge in [0.15, 0.2) is 5.65 Å². The number of nitrogens with one attached hydrogen (secondary N) is 1. The molecule has 1 fully saturated rings. The zero-order valence-electron chi connectivity index (χ0n) is 20.4. The summed E-state index contributed by atoms with van der Waals surface area (Å²) < 4.78 is 13.1. The van der Waals surface area contributed by atoms with Crippen molar-refractivity contribution in [1.82, 2.24) is 29.9 Å². The van der Waals surface area contributed by atoms with Gasteiger partial charge in [-0.3, -0.25) is 9.78 Å². The Morgan fingerprint density at radius 2 is 2.06 bits per heavy atom. The molecule has 0 radical (unpaired) electrons. The average molecular weight is 488 g/mol. The summed E-state index contributed by atoms with van der Waals surface area (Å²) in [7, 11) is 1.50. The van der Waals surface area contributed by atoms with E-state index in [1.165, 1.54) is 32.8 Å². The second kappa shape index (κ2) is 10.2. The van der Waals surface area contributed by atoms with E-state index in [4.69, 9.17) is 15.2 Å². The summed E-state index contributed by atoms with van der Waals surface area (Å²) in [6, 6.07) is 9.24. The van der Waals surface area contributed by atoms with Gasteiger partial charge in [0.25, 0.3) is 5.91 Å². The molecule has 0 aromatic carbocycles. The zero-order valence-corrected chi connectivity index (χ0v) is 20.4. The lowest BCUT2D eigenvalue weighted by molar-refractivity contribution is 0.0946. The van der Waals surface area contributed by atoms with Gasteiger partial charge in [0.1, 0.15) is 17.0 Å². The van der Waals surface area contributed by atoms with Crippen molar-refractivity contribution in [3.8, 4) is 22.8 Å². The molecule has 3 N–H and O–H groups in total. The molecule has 4 heterocycles. The number of nitrogen functional groups attached to an aromatic ring is 1. The van der Waals surface area contributed by atoms with Gasteiger partial charge < -0.3 is 20.5 Å². The molecule has 186 valence electrons. The van der Waals surface area contributed by atoms with E-state index in [2.05, 4.69) is 25.4 Å². The van der Waals surface area contributed by atoms with Crippen LogP contribution in [0.15, 0.2) is 42.7 Å². The Morgan fingerprint density at radius 1 is 1.22 bits per heavy atom. The third-order valence-electron chi connectivity index (χ3n) is 6.50. The van der Waals surface area contributed by atoms with E-state index in [0.717, 1.165) is 11.1 Å². The van der Waals surface area contributed by atoms with Crippen molar-refractivity contribution in [2.75, 3.05) is 19.5 Å². The topological polar surface area (TPSA) is 130 Å². The fourth-order valence-corrected chi connectivity index (χ4v) is 4.59. The molecule has 0 aliphatic heterocycles. The van der Waals surface area contributed by atoms with Crippen molar-refractivity contribution in [1.29, 1.82) is 0 Å². The lowest BCUT2D eigenvalue weighted by atomic mass is 10.0. The Bertz CT molecular complexity index is 1400. The number of anilines is 1. The lowest BCUT2D eigenvalue weighted by Crippen LogP contribution is -2.25. The van der Waals surface area contributed by atoms with E-state index < -0.39 is 0 Å². The molecular weight excluding hydrogens is 458 g/mol. The number of nitrogens with two attached hydrogens (primary N) is 1. The smallest absolute Gasteiger partial charge is 0.257 e. The first-order valence-corrected chi connectivity index (χ1v) is 12.0. The highest BCUT2D eigenvalue weighted by atomic mass is 16.5. The third-order valence-corrected chi connectivity index (χ3v) is 6.50. The minimum Gasteiger partial charge on any atom is -0.491 e. The summed E-state index contributed by atoms with van der Waals surface area (Å²) in [5, 5.41) is 7.05. The summed E-state index contributed by atoms with van der Waals surface area (Å²) in [5.41, 5.74) is 9.65. The van der Waals surface area contributed by atoms with Crippen LogP contribution in [0.4, 0.5) is 5.95 Å². The molecule has 36 heavy (non-hydrogen) atoms. The summed E-state index contributed by atoms with van der Waals surface area (Å²) in [5.74, 6) is 1.40. The Kier molecular flexibility index (Phi) is 6.66. The third kappa shape index (κ3) is 4.93. The normalized spacial score (nSPS) is 13.7. The maximum absolute atomic E-state index is 13.2. The SMILES string of the molecule is COc1nc(C)c(-c2ccn3nc(N)nc3c2)cc1C(=O)NCc1ncccc1OCC1CCCC1. The Balaban J connectivity index is 1.36. The number of carbonyl (C=O) groups excluding carboxylic acids is 1. The minimum absolute atomic E-state index is 0.193. The predicted molar refractivity (Wildman–Crippen MR) is 135 cm³/mol. The lowest BCUT2D eigenvalue weighted by Gasteiger charge is -2.15. The standard InChI is InChI=1S/C26H29N7O3/c1-16-19(18-9-11-33-23(12-18)31-26(27)32-33)13-20(25(30-16)35-2)24(34)29-14-21-22(8-5-10-28-21)36-15-17-6-3-4-7-17/h5,8-13,17H,3-4,6-7,14-15H2,1-2H3,(H2,27,32)(H,29,34). The van der Waals surface area contributed by atoms with E-state index >= 15 is 0 Å². The van der Waals surface area contributed by atoms with Crippen molar-refractivity contribution >= 4 is 17.5 Å². The molecule has 1 amide bonds. The highest BCUT2D eigenvalue weighted by Crippen LogP contribution is 2.29. The summed E-state index contributed by atoms with van der Waals surface area (Å²) in [6.45, 7) is 2.76. The van der Waals surface area contributed by atoms with Crippen LogP contribution in [0, 0.1) is 12.8 Å². The molecule has 1 aliphatic rings. The van der Waals surface area contributed by atoms with E-state index in [1.807, 2.05) is 31.2 Å². The van der Waals surface area contributed by atoms with Crippen LogP contribution in [-0.2, 0) is 6.54 Å². The molecule has 4 aromatic heterocycles. The number of pyridine rings is 3. The zero-order chi connectivity index (χ0) is 25.1. The number of amides is 1. The largest absolute Gasteiger partial charge is 0.491 e. The summed E-state index contributed by atoms with van der Waals surface area (Å²) in [4.78, 5) is 26.4. The number of carbonyl (C=O) groups is 1. The Labute approximate surface area is 208 Å². The van der Waals surface area contributed by atoms with Crippen LogP contribution in [0.5, 0.6) is 11.6 Å². The van der Waals surface area contributed by atoms with Gasteiger partial charge in [-0.25, -0.2) is 9.50 Å². The van der Waals surface area contributed by atoms with Gasteiger partial charge >= 0.3 is 0 Å². The number of aryl methyl sites for hydroxylation is 1. The average Bonchev–Trinajstić information content (AvgIpc) is 3.54. The molecule has 1 saturated carbocycles. The second-order valence-corrected chi connectivity index (χ2v) is 8.96. The monoisotopic (exact) mass is 487 g/mol. The molecule has 0 saturated heterocycles. The Morgan fingerprint density at radius 3 is 2.86 bits per heavy atom. The van der Waals surface area contributed by atoms with Crippen LogP contribution in [0.1, 0.15) is 47.4 Å². The molecular formula is C26H29N7O3. The van der Waals surface area contributed by atoms with Crippen LogP contribution in [-0.4, -0.2) is 44.2 Å². The number of aromatic nitrogens is 5. The van der Waals surface area contributed by atoms with Gasteiger partial charge in [0, 0.05) is 23.7 Å². The number of nitrogens with zero attached hydrogens (tertiary/aromatic N) is 5. The minimum atomic E-state index is -0.319. The van der Waals surface area contributed by atoms with Crippen LogP contribution in [0.2, 0.25) is 0 Å². The highest BCUT2D eigenvalue weighted by molar-refractivity contribution is 5.97. The van der Waals surface area contributed by atoms with Crippen molar-refractivity contribution in [2.45, 2.75) is 39.2 Å². The van der Waals surface area contributed by atoms with E-state index in [9.17, 15) is 4.79 Å². The van der Waals surface area contributed by atoms with E-state index in [-0.39, 0.29) is 24.3 Å². The summed E-state index contributed by atoms with van der Waals surface area (Å²) >= 11 is 0. The van der Waals surface area contributed by atoms with Gasteiger partial charge in [-0.1, -0.05) is 12.8 Å². The van der Waals surface area contributed by atoms with Gasteiger partial charge in [-0.15, -0.1) is 5.10 Å². The molecule has 10 heteroatoms. The molecule has 0 unspecified atom stereocenters. The second-order valence-electron chi connectivity index (χ2n) is 8.96. The number of hydrogen-bond donors (Lipinski definition) is 2. The summed E-state index contributed by atoms with van der Waals surface area (Å²) in [6.07, 6.45) is 8.40. The number of methoxy groups -OCH3 is 1. The number of ether oxygens (including phenoxy) is 2. The van der Waals surface area contributed by atoms with Crippen molar-refractivity contribution < 1.29 is 14.3 Å². The van der Waals surface area contributed by atoms with E-state index in [1.54, 1.807) is 23.0 Å². The van der Waals surface area contributed by atoms with Gasteiger partial charge in [0.2, 0.25) is 11.8 Å². The van der Waals surface area contributed by atoms with Gasteiger partial charge in [0.05, 0.1) is 20.3 Å². The molecule has 0 spiro atoms. The fraction of sp³-hybridized carbons (Fsp3) is 0.346.